The smallest absolute Gasteiger partial charge is 0.138 e. The number of aryl methyl sites for hydroxylation is 1. The van der Waals surface area contributed by atoms with Gasteiger partial charge in [-0.2, -0.15) is 0 Å². The second-order valence-corrected chi connectivity index (χ2v) is 5.23. The van der Waals surface area contributed by atoms with E-state index in [1.807, 2.05) is 25.1 Å². The Balaban J connectivity index is 1.91. The molecule has 0 radical (unpaired) electrons. The molecule has 1 aliphatic rings. The fraction of sp³-hybridized carbons (Fsp3) is 0.571. The van der Waals surface area contributed by atoms with Crippen LogP contribution in [0, 0.1) is 6.92 Å². The number of ether oxygens (including phenoxy) is 3. The molecule has 0 heterocycles. The molecule has 4 nitrogen and oxygen atoms in total. The van der Waals surface area contributed by atoms with Crippen LogP contribution in [0.25, 0.3) is 0 Å². The Morgan fingerprint density at radius 2 is 2.16 bits per heavy atom. The van der Waals surface area contributed by atoms with Gasteiger partial charge in [0.25, 0.3) is 0 Å². The molecule has 5 heteroatoms. The van der Waals surface area contributed by atoms with Gasteiger partial charge in [-0.15, -0.1) is 0 Å². The topological polar surface area (TPSA) is 53.7 Å². The molecule has 0 saturated heterocycles. The molecule has 3 atom stereocenters. The zero-order valence-electron chi connectivity index (χ0n) is 11.3. The highest BCUT2D eigenvalue weighted by Gasteiger charge is 2.41. The van der Waals surface area contributed by atoms with Gasteiger partial charge in [-0.1, -0.05) is 17.7 Å². The van der Waals surface area contributed by atoms with E-state index < -0.39 is 0 Å². The molecular formula is C14H20ClNO3. The van der Waals surface area contributed by atoms with E-state index in [1.165, 1.54) is 0 Å². The predicted octanol–water partition coefficient (Wildman–Crippen LogP) is 2.16. The molecule has 2 N–H and O–H groups in total. The van der Waals surface area contributed by atoms with E-state index in [0.29, 0.717) is 24.0 Å². The highest BCUT2D eigenvalue weighted by Crippen LogP contribution is 2.32. The van der Waals surface area contributed by atoms with Crippen molar-refractivity contribution in [2.24, 2.45) is 5.73 Å². The van der Waals surface area contributed by atoms with E-state index in [-0.39, 0.29) is 18.2 Å². The van der Waals surface area contributed by atoms with Crippen LogP contribution in [0.4, 0.5) is 0 Å². The molecule has 1 aliphatic carbocycles. The first-order chi connectivity index (χ1) is 9.11. The Bertz CT molecular complexity index is 427. The maximum Gasteiger partial charge on any atom is 0.138 e. The third kappa shape index (κ3) is 3.60. The van der Waals surface area contributed by atoms with Crippen molar-refractivity contribution in [3.05, 3.63) is 28.8 Å². The third-order valence-corrected chi connectivity index (χ3v) is 3.55. The Labute approximate surface area is 118 Å². The SMILES string of the molecule is COCCOC1C(N)CC1Oc1ccc(C)cc1Cl. The van der Waals surface area contributed by atoms with Crippen LogP contribution in [0.1, 0.15) is 12.0 Å². The van der Waals surface area contributed by atoms with Crippen LogP contribution in [0.5, 0.6) is 5.75 Å². The fourth-order valence-electron chi connectivity index (χ4n) is 2.09. The quantitative estimate of drug-likeness (QED) is 0.814. The second kappa shape index (κ2) is 6.57. The number of rotatable bonds is 6. The van der Waals surface area contributed by atoms with E-state index in [2.05, 4.69) is 0 Å². The maximum absolute atomic E-state index is 6.15. The van der Waals surface area contributed by atoms with Crippen LogP contribution in [-0.2, 0) is 9.47 Å². The summed E-state index contributed by atoms with van der Waals surface area (Å²) in [6.45, 7) is 3.07. The molecule has 2 rings (SSSR count). The molecule has 3 unspecified atom stereocenters. The predicted molar refractivity (Wildman–Crippen MR) is 74.8 cm³/mol. The number of halogens is 1. The number of nitrogens with two attached hydrogens (primary N) is 1. The van der Waals surface area contributed by atoms with Crippen LogP contribution >= 0.6 is 11.6 Å². The molecule has 1 fully saturated rings. The summed E-state index contributed by atoms with van der Waals surface area (Å²) in [5, 5.41) is 0.621. The zero-order valence-corrected chi connectivity index (χ0v) is 12.0. The largest absolute Gasteiger partial charge is 0.486 e. The summed E-state index contributed by atoms with van der Waals surface area (Å²) in [5.74, 6) is 0.685. The summed E-state index contributed by atoms with van der Waals surface area (Å²) in [4.78, 5) is 0. The molecule has 19 heavy (non-hydrogen) atoms. The van der Waals surface area contributed by atoms with E-state index in [4.69, 9.17) is 31.5 Å². The van der Waals surface area contributed by atoms with Gasteiger partial charge in [0, 0.05) is 19.6 Å². The number of benzene rings is 1. The van der Waals surface area contributed by atoms with Crippen molar-refractivity contribution in [1.29, 1.82) is 0 Å². The van der Waals surface area contributed by atoms with Crippen molar-refractivity contribution >= 4 is 11.6 Å². The van der Waals surface area contributed by atoms with Gasteiger partial charge in [0.1, 0.15) is 18.0 Å². The number of methoxy groups -OCH3 is 1. The Hall–Kier alpha value is -0.810. The van der Waals surface area contributed by atoms with E-state index in [9.17, 15) is 0 Å². The maximum atomic E-state index is 6.15. The lowest BCUT2D eigenvalue weighted by molar-refractivity contribution is -0.107. The molecule has 106 valence electrons. The highest BCUT2D eigenvalue weighted by atomic mass is 35.5. The normalized spacial score (nSPS) is 26.0. The van der Waals surface area contributed by atoms with Crippen LogP contribution in [0.3, 0.4) is 0 Å². The first-order valence-corrected chi connectivity index (χ1v) is 6.78. The molecule has 1 aromatic carbocycles. The average molecular weight is 286 g/mol. The highest BCUT2D eigenvalue weighted by molar-refractivity contribution is 6.32. The summed E-state index contributed by atoms with van der Waals surface area (Å²) in [7, 11) is 1.64. The van der Waals surface area contributed by atoms with Gasteiger partial charge in [0.15, 0.2) is 0 Å². The lowest BCUT2D eigenvalue weighted by atomic mass is 9.86. The van der Waals surface area contributed by atoms with Crippen LogP contribution in [-0.4, -0.2) is 38.6 Å². The summed E-state index contributed by atoms with van der Waals surface area (Å²) in [6.07, 6.45) is 0.654. The summed E-state index contributed by atoms with van der Waals surface area (Å²) in [6, 6.07) is 5.76. The molecular weight excluding hydrogens is 266 g/mol. The van der Waals surface area contributed by atoms with E-state index in [0.717, 1.165) is 12.0 Å². The minimum absolute atomic E-state index is 0.0195. The lowest BCUT2D eigenvalue weighted by Gasteiger charge is -2.41. The molecule has 0 amide bonds. The van der Waals surface area contributed by atoms with Crippen molar-refractivity contribution in [1.82, 2.24) is 0 Å². The van der Waals surface area contributed by atoms with E-state index >= 15 is 0 Å². The van der Waals surface area contributed by atoms with Crippen molar-refractivity contribution in [3.63, 3.8) is 0 Å². The fourth-order valence-corrected chi connectivity index (χ4v) is 2.37. The van der Waals surface area contributed by atoms with Crippen molar-refractivity contribution in [2.45, 2.75) is 31.6 Å². The van der Waals surface area contributed by atoms with Gasteiger partial charge in [-0.05, 0) is 24.6 Å². The zero-order chi connectivity index (χ0) is 13.8. The standard InChI is InChI=1S/C14H20ClNO3/c1-9-3-4-12(10(15)7-9)19-13-8-11(16)14(13)18-6-5-17-2/h3-4,7,11,13-14H,5-6,8,16H2,1-2H3. The van der Waals surface area contributed by atoms with Crippen molar-refractivity contribution < 1.29 is 14.2 Å². The van der Waals surface area contributed by atoms with Crippen molar-refractivity contribution in [3.8, 4) is 5.75 Å². The minimum atomic E-state index is -0.0903. The second-order valence-electron chi connectivity index (χ2n) is 4.82. The molecule has 0 aromatic heterocycles. The molecule has 0 bridgehead atoms. The molecule has 0 aliphatic heterocycles. The summed E-state index contributed by atoms with van der Waals surface area (Å²) < 4.78 is 16.5. The number of hydrogen-bond acceptors (Lipinski definition) is 4. The van der Waals surface area contributed by atoms with Crippen molar-refractivity contribution in [2.75, 3.05) is 20.3 Å². The van der Waals surface area contributed by atoms with Gasteiger partial charge >= 0.3 is 0 Å². The van der Waals surface area contributed by atoms with Gasteiger partial charge in [0.2, 0.25) is 0 Å². The Morgan fingerprint density at radius 1 is 1.37 bits per heavy atom. The summed E-state index contributed by atoms with van der Waals surface area (Å²) >= 11 is 6.15. The third-order valence-electron chi connectivity index (χ3n) is 3.26. The van der Waals surface area contributed by atoms with Gasteiger partial charge < -0.3 is 19.9 Å². The van der Waals surface area contributed by atoms with E-state index in [1.54, 1.807) is 7.11 Å². The van der Waals surface area contributed by atoms with Crippen LogP contribution in [0.15, 0.2) is 18.2 Å². The van der Waals surface area contributed by atoms with Gasteiger partial charge in [-0.25, -0.2) is 0 Å². The van der Waals surface area contributed by atoms with Gasteiger partial charge in [-0.3, -0.25) is 0 Å². The monoisotopic (exact) mass is 285 g/mol. The minimum Gasteiger partial charge on any atom is -0.486 e. The molecule has 0 spiro atoms. The lowest BCUT2D eigenvalue weighted by Crippen LogP contribution is -2.59. The molecule has 1 aromatic rings. The summed E-state index contributed by atoms with van der Waals surface area (Å²) in [5.41, 5.74) is 7.04. The Kier molecular flexibility index (Phi) is 5.05. The first-order valence-electron chi connectivity index (χ1n) is 6.40. The average Bonchev–Trinajstić information content (AvgIpc) is 2.37. The van der Waals surface area contributed by atoms with Crippen LogP contribution < -0.4 is 10.5 Å². The Morgan fingerprint density at radius 3 is 2.79 bits per heavy atom. The first kappa shape index (κ1) is 14.6. The van der Waals surface area contributed by atoms with Crippen LogP contribution in [0.2, 0.25) is 5.02 Å². The number of hydrogen-bond donors (Lipinski definition) is 1. The van der Waals surface area contributed by atoms with Gasteiger partial charge in [0.05, 0.1) is 18.2 Å². The molecule has 1 saturated carbocycles.